The fourth-order valence-electron chi connectivity index (χ4n) is 11.1. The van der Waals surface area contributed by atoms with E-state index >= 15 is 0 Å². The third-order valence-electron chi connectivity index (χ3n) is 13.0. The van der Waals surface area contributed by atoms with Crippen molar-refractivity contribution in [2.24, 2.45) is 50.7 Å². The van der Waals surface area contributed by atoms with E-state index in [4.69, 9.17) is 0 Å². The molecular weight excluding hydrogens is 408 g/mol. The quantitative estimate of drug-likeness (QED) is 0.476. The van der Waals surface area contributed by atoms with Crippen LogP contribution in [-0.2, 0) is 4.79 Å². The summed E-state index contributed by atoms with van der Waals surface area (Å²) in [4.78, 5) is 12.8. The summed E-state index contributed by atoms with van der Waals surface area (Å²) in [5.41, 5.74) is 1.79. The van der Waals surface area contributed by atoms with Crippen LogP contribution in [0, 0.1) is 50.7 Å². The third-order valence-corrected chi connectivity index (χ3v) is 13.0. The maximum atomic E-state index is 12.8. The minimum atomic E-state index is -0.432. The largest absolute Gasteiger partial charge is 0.393 e. The summed E-state index contributed by atoms with van der Waals surface area (Å²) in [6, 6.07) is 0. The summed E-state index contributed by atoms with van der Waals surface area (Å²) >= 11 is 0. The second kappa shape index (κ2) is 7.19. The molecule has 33 heavy (non-hydrogen) atoms. The van der Waals surface area contributed by atoms with Crippen molar-refractivity contribution in [2.75, 3.05) is 0 Å². The van der Waals surface area contributed by atoms with E-state index in [9.17, 15) is 15.0 Å². The van der Waals surface area contributed by atoms with Crippen LogP contribution in [0.15, 0.2) is 12.2 Å². The van der Waals surface area contributed by atoms with E-state index in [-0.39, 0.29) is 22.3 Å². The highest BCUT2D eigenvalue weighted by Crippen LogP contribution is 2.88. The van der Waals surface area contributed by atoms with Crippen LogP contribution < -0.4 is 0 Å². The monoisotopic (exact) mass is 456 g/mol. The van der Waals surface area contributed by atoms with Gasteiger partial charge in [-0.2, -0.15) is 0 Å². The van der Waals surface area contributed by atoms with E-state index in [1.54, 1.807) is 0 Å². The summed E-state index contributed by atoms with van der Waals surface area (Å²) in [6.45, 7) is 17.6. The number of ketones is 1. The topological polar surface area (TPSA) is 57.5 Å². The van der Waals surface area contributed by atoms with Crippen molar-refractivity contribution in [3.63, 3.8) is 0 Å². The van der Waals surface area contributed by atoms with Crippen LogP contribution in [0.5, 0.6) is 0 Å². The molecule has 3 nitrogen and oxygen atoms in total. The standard InChI is InChI=1S/C30H48O3/c1-18(2)20(31)9-8-19(3)25-21(32)16-28(7)23-11-10-22-26(4,5)24(33)12-13-29(22)17-30(23,29)15-14-27(25,28)6/h19-23,25,31-32H,1,8-17H2,2-7H3/t19-,20+,21+,22+,23+,25+,27-,28+,29-,30+/m1/s1. The number of carbonyl (C=O) groups excluding carboxylic acids is 1. The number of Topliss-reactive ketones (excluding diaryl/α,β-unsaturated/α-hetero) is 1. The normalized spacial score (nSPS) is 51.6. The molecule has 0 bridgehead atoms. The van der Waals surface area contributed by atoms with Crippen molar-refractivity contribution in [3.05, 3.63) is 12.2 Å². The van der Waals surface area contributed by atoms with Crippen LogP contribution in [0.2, 0.25) is 0 Å². The lowest BCUT2D eigenvalue weighted by Gasteiger charge is -2.62. The number of aliphatic hydroxyl groups excluding tert-OH is 2. The molecule has 3 heteroatoms. The molecule has 5 rings (SSSR count). The minimum absolute atomic E-state index is 0.145. The van der Waals surface area contributed by atoms with Gasteiger partial charge in [-0.25, -0.2) is 0 Å². The molecule has 0 saturated heterocycles. The number of rotatable bonds is 5. The highest BCUT2D eigenvalue weighted by atomic mass is 16.3. The molecule has 5 fully saturated rings. The van der Waals surface area contributed by atoms with E-state index in [0.717, 1.165) is 37.7 Å². The molecule has 2 spiro atoms. The first-order valence-corrected chi connectivity index (χ1v) is 13.8. The SMILES string of the molecule is C=C(C)[C@@H](O)CC[C@@H](C)[C@H]1[C@@H](O)C[C@@]2(C)[C@@H]3CC[C@H]4C(C)(C)C(=O)CC[C@@]45C[C@@]35CC[C@]12C. The van der Waals surface area contributed by atoms with E-state index in [1.807, 2.05) is 6.92 Å². The first-order chi connectivity index (χ1) is 15.3. The van der Waals surface area contributed by atoms with Gasteiger partial charge < -0.3 is 10.2 Å². The Balaban J connectivity index is 1.42. The first-order valence-electron chi connectivity index (χ1n) is 13.8. The van der Waals surface area contributed by atoms with Crippen molar-refractivity contribution in [3.8, 4) is 0 Å². The summed E-state index contributed by atoms with van der Waals surface area (Å²) in [6.07, 6.45) is 10.1. The molecule has 10 atom stereocenters. The number of hydrogen-bond acceptors (Lipinski definition) is 3. The molecule has 2 N–H and O–H groups in total. The number of carbonyl (C=O) groups is 1. The molecule has 5 aliphatic rings. The Morgan fingerprint density at radius 3 is 2.33 bits per heavy atom. The second-order valence-electron chi connectivity index (χ2n) is 14.4. The number of hydrogen-bond donors (Lipinski definition) is 2. The van der Waals surface area contributed by atoms with Gasteiger partial charge in [-0.05, 0) is 110 Å². The molecule has 0 radical (unpaired) electrons. The zero-order valence-electron chi connectivity index (χ0n) is 22.0. The van der Waals surface area contributed by atoms with E-state index in [0.29, 0.717) is 40.3 Å². The van der Waals surface area contributed by atoms with Gasteiger partial charge in [0.2, 0.25) is 0 Å². The Hall–Kier alpha value is -0.670. The van der Waals surface area contributed by atoms with Gasteiger partial charge in [0.05, 0.1) is 12.2 Å². The summed E-state index contributed by atoms with van der Waals surface area (Å²) in [5.74, 6) is 2.42. The third kappa shape index (κ3) is 2.85. The predicted molar refractivity (Wildman–Crippen MR) is 132 cm³/mol. The van der Waals surface area contributed by atoms with Crippen LogP contribution >= 0.6 is 0 Å². The molecule has 0 aromatic heterocycles. The van der Waals surface area contributed by atoms with Gasteiger partial charge in [-0.1, -0.05) is 46.8 Å². The molecule has 0 heterocycles. The highest BCUT2D eigenvalue weighted by Gasteiger charge is 2.82. The molecule has 0 aliphatic heterocycles. The molecule has 0 unspecified atom stereocenters. The van der Waals surface area contributed by atoms with Crippen LogP contribution in [0.3, 0.4) is 0 Å². The zero-order chi connectivity index (χ0) is 24.2. The van der Waals surface area contributed by atoms with Crippen LogP contribution in [-0.4, -0.2) is 28.2 Å². The number of aliphatic hydroxyl groups is 2. The van der Waals surface area contributed by atoms with Gasteiger partial charge >= 0.3 is 0 Å². The molecule has 186 valence electrons. The molecular formula is C30H48O3. The van der Waals surface area contributed by atoms with Crippen molar-refractivity contribution in [2.45, 2.75) is 118 Å². The fourth-order valence-corrected chi connectivity index (χ4v) is 11.1. The van der Waals surface area contributed by atoms with Gasteiger partial charge in [0, 0.05) is 11.8 Å². The average molecular weight is 457 g/mol. The minimum Gasteiger partial charge on any atom is -0.393 e. The molecule has 5 aliphatic carbocycles. The molecule has 0 aromatic rings. The second-order valence-corrected chi connectivity index (χ2v) is 14.4. The van der Waals surface area contributed by atoms with Crippen molar-refractivity contribution >= 4 is 5.78 Å². The Bertz CT molecular complexity index is 861. The van der Waals surface area contributed by atoms with Gasteiger partial charge in [-0.15, -0.1) is 0 Å². The fraction of sp³-hybridized carbons (Fsp3) is 0.900. The Morgan fingerprint density at radius 2 is 1.67 bits per heavy atom. The van der Waals surface area contributed by atoms with Gasteiger partial charge in [-0.3, -0.25) is 4.79 Å². The Morgan fingerprint density at radius 1 is 1.03 bits per heavy atom. The summed E-state index contributed by atoms with van der Waals surface area (Å²) < 4.78 is 0. The van der Waals surface area contributed by atoms with E-state index < -0.39 is 6.10 Å². The van der Waals surface area contributed by atoms with Crippen molar-refractivity contribution in [1.82, 2.24) is 0 Å². The highest BCUT2D eigenvalue weighted by molar-refractivity contribution is 5.86. The predicted octanol–water partition coefficient (Wildman–Crippen LogP) is 6.32. The smallest absolute Gasteiger partial charge is 0.138 e. The summed E-state index contributed by atoms with van der Waals surface area (Å²) in [7, 11) is 0. The van der Waals surface area contributed by atoms with Crippen molar-refractivity contribution in [1.29, 1.82) is 0 Å². The van der Waals surface area contributed by atoms with Gasteiger partial charge in [0.1, 0.15) is 5.78 Å². The molecule has 5 saturated carbocycles. The van der Waals surface area contributed by atoms with E-state index in [2.05, 4.69) is 41.2 Å². The Labute approximate surface area is 201 Å². The van der Waals surface area contributed by atoms with Crippen LogP contribution in [0.1, 0.15) is 106 Å². The van der Waals surface area contributed by atoms with Crippen LogP contribution in [0.4, 0.5) is 0 Å². The Kier molecular flexibility index (Phi) is 5.24. The maximum absolute atomic E-state index is 12.8. The summed E-state index contributed by atoms with van der Waals surface area (Å²) in [5, 5.41) is 21.8. The lowest BCUT2D eigenvalue weighted by Crippen LogP contribution is -2.57. The zero-order valence-corrected chi connectivity index (χ0v) is 22.0. The van der Waals surface area contributed by atoms with Crippen LogP contribution in [0.25, 0.3) is 0 Å². The van der Waals surface area contributed by atoms with Gasteiger partial charge in [0.15, 0.2) is 0 Å². The number of fused-ring (bicyclic) bond motifs is 2. The molecule has 0 aromatic carbocycles. The average Bonchev–Trinajstić information content (AvgIpc) is 3.34. The lowest BCUT2D eigenvalue weighted by atomic mass is 9.42. The lowest BCUT2D eigenvalue weighted by molar-refractivity contribution is -0.157. The maximum Gasteiger partial charge on any atom is 0.138 e. The first kappa shape index (κ1) is 24.0. The van der Waals surface area contributed by atoms with Crippen molar-refractivity contribution < 1.29 is 15.0 Å². The van der Waals surface area contributed by atoms with Gasteiger partial charge in [0.25, 0.3) is 0 Å². The molecule has 0 amide bonds. The van der Waals surface area contributed by atoms with E-state index in [1.165, 1.54) is 32.1 Å².